The summed E-state index contributed by atoms with van der Waals surface area (Å²) in [6, 6.07) is 0. The van der Waals surface area contributed by atoms with Crippen molar-refractivity contribution in [1.29, 1.82) is 0 Å². The van der Waals surface area contributed by atoms with Crippen LogP contribution in [-0.2, 0) is 28.6 Å². The summed E-state index contributed by atoms with van der Waals surface area (Å²) < 4.78 is 16.6. The van der Waals surface area contributed by atoms with Crippen LogP contribution in [0.25, 0.3) is 0 Å². The van der Waals surface area contributed by atoms with Gasteiger partial charge >= 0.3 is 17.9 Å². The molecule has 6 heteroatoms. The summed E-state index contributed by atoms with van der Waals surface area (Å²) in [7, 11) is 0. The van der Waals surface area contributed by atoms with Crippen LogP contribution < -0.4 is 0 Å². The Bertz CT molecular complexity index is 1710. The molecule has 366 valence electrons. The van der Waals surface area contributed by atoms with Gasteiger partial charge in [0.1, 0.15) is 13.2 Å². The molecule has 0 spiro atoms. The normalized spacial score (nSPS) is 13.8. The summed E-state index contributed by atoms with van der Waals surface area (Å²) in [6.45, 7) is 6.05. The van der Waals surface area contributed by atoms with Gasteiger partial charge in [-0.25, -0.2) is 0 Å². The summed E-state index contributed by atoms with van der Waals surface area (Å²) in [4.78, 5) is 37.9. The van der Waals surface area contributed by atoms with E-state index in [1.54, 1.807) is 0 Å². The van der Waals surface area contributed by atoms with E-state index in [4.69, 9.17) is 14.2 Å². The van der Waals surface area contributed by atoms with Crippen LogP contribution >= 0.6 is 0 Å². The van der Waals surface area contributed by atoms with E-state index >= 15 is 0 Å². The minimum atomic E-state index is -0.878. The molecule has 1 atom stereocenters. The molecule has 1 unspecified atom stereocenters. The van der Waals surface area contributed by atoms with Crippen LogP contribution in [0.3, 0.4) is 0 Å². The van der Waals surface area contributed by atoms with Gasteiger partial charge in [-0.3, -0.25) is 14.4 Å². The second kappa shape index (κ2) is 52.9. The summed E-state index contributed by atoms with van der Waals surface area (Å²) in [5, 5.41) is 0. The molecule has 0 aromatic heterocycles. The zero-order chi connectivity index (χ0) is 48.6. The Morgan fingerprint density at radius 1 is 0.313 bits per heavy atom. The second-order valence-corrected chi connectivity index (χ2v) is 15.4. The first-order chi connectivity index (χ1) is 33.0. The fraction of sp³-hybridized carbons (Fsp3) is 0.426. The van der Waals surface area contributed by atoms with Crippen molar-refractivity contribution in [3.05, 3.63) is 194 Å². The van der Waals surface area contributed by atoms with Gasteiger partial charge in [-0.1, -0.05) is 222 Å². The largest absolute Gasteiger partial charge is 0.462 e. The maximum absolute atomic E-state index is 12.8. The van der Waals surface area contributed by atoms with Crippen LogP contribution in [0.2, 0.25) is 0 Å². The van der Waals surface area contributed by atoms with E-state index in [0.717, 1.165) is 89.9 Å². The number of carbonyl (C=O) groups is 3. The molecule has 0 N–H and O–H groups in total. The quantitative estimate of drug-likeness (QED) is 0.0200. The van der Waals surface area contributed by atoms with E-state index in [9.17, 15) is 14.4 Å². The molecule has 0 aromatic rings. The average molecular weight is 915 g/mol. The monoisotopic (exact) mass is 915 g/mol. The van der Waals surface area contributed by atoms with Crippen LogP contribution in [-0.4, -0.2) is 37.2 Å². The zero-order valence-electron chi connectivity index (χ0n) is 41.6. The van der Waals surface area contributed by atoms with E-state index < -0.39 is 18.0 Å². The van der Waals surface area contributed by atoms with E-state index in [0.29, 0.717) is 19.3 Å². The summed E-state index contributed by atoms with van der Waals surface area (Å²) in [6.07, 6.45) is 81.5. The lowest BCUT2D eigenvalue weighted by Gasteiger charge is -2.18. The van der Waals surface area contributed by atoms with Gasteiger partial charge in [0.2, 0.25) is 0 Å². The molecular formula is C61H86O6. The Kier molecular flexibility index (Phi) is 48.3. The SMILES string of the molecule is CC\C=C/C=C\C=C/C=C\C=C\C=C/CCCCCC(=O)OCC(COC(=O)CC/C=C\C/C=C\C/C=C\C/C=C\C/C=C\CC)OC(=O)CC/C=C\C/C=C\C/C=C\C/C=C\C/C=C\CC. The number of unbranched alkanes of at least 4 members (excludes halogenated alkanes) is 3. The highest BCUT2D eigenvalue weighted by Gasteiger charge is 2.19. The maximum Gasteiger partial charge on any atom is 0.306 e. The fourth-order valence-corrected chi connectivity index (χ4v) is 5.63. The number of hydrogen-bond acceptors (Lipinski definition) is 6. The Labute approximate surface area is 407 Å². The van der Waals surface area contributed by atoms with E-state index in [-0.39, 0.29) is 38.4 Å². The van der Waals surface area contributed by atoms with Crippen LogP contribution in [0, 0.1) is 0 Å². The van der Waals surface area contributed by atoms with Crippen molar-refractivity contribution in [2.45, 2.75) is 155 Å². The minimum absolute atomic E-state index is 0.166. The predicted molar refractivity (Wildman–Crippen MR) is 287 cm³/mol. The van der Waals surface area contributed by atoms with E-state index in [1.165, 1.54) is 0 Å². The topological polar surface area (TPSA) is 78.9 Å². The molecule has 0 aliphatic heterocycles. The number of rotatable bonds is 41. The molecule has 0 heterocycles. The molecule has 0 rings (SSSR count). The van der Waals surface area contributed by atoms with Gasteiger partial charge in [0.15, 0.2) is 6.10 Å². The summed E-state index contributed by atoms with van der Waals surface area (Å²) >= 11 is 0. The van der Waals surface area contributed by atoms with Crippen LogP contribution in [0.15, 0.2) is 194 Å². The highest BCUT2D eigenvalue weighted by Crippen LogP contribution is 2.08. The second-order valence-electron chi connectivity index (χ2n) is 15.4. The van der Waals surface area contributed by atoms with Crippen molar-refractivity contribution >= 4 is 17.9 Å². The first-order valence-electron chi connectivity index (χ1n) is 25.0. The summed E-state index contributed by atoms with van der Waals surface area (Å²) in [5.74, 6) is -1.20. The average Bonchev–Trinajstić information content (AvgIpc) is 3.33. The van der Waals surface area contributed by atoms with Crippen molar-refractivity contribution in [3.8, 4) is 0 Å². The molecule has 0 amide bonds. The van der Waals surface area contributed by atoms with Crippen LogP contribution in [0.4, 0.5) is 0 Å². The zero-order valence-corrected chi connectivity index (χ0v) is 41.6. The van der Waals surface area contributed by atoms with Gasteiger partial charge in [-0.05, 0) is 103 Å². The van der Waals surface area contributed by atoms with Gasteiger partial charge in [0.05, 0.1) is 0 Å². The van der Waals surface area contributed by atoms with Crippen molar-refractivity contribution in [2.75, 3.05) is 13.2 Å². The van der Waals surface area contributed by atoms with Crippen LogP contribution in [0.1, 0.15) is 149 Å². The number of esters is 3. The maximum atomic E-state index is 12.8. The van der Waals surface area contributed by atoms with Crippen molar-refractivity contribution in [3.63, 3.8) is 0 Å². The minimum Gasteiger partial charge on any atom is -0.462 e. The Morgan fingerprint density at radius 2 is 0.642 bits per heavy atom. The predicted octanol–water partition coefficient (Wildman–Crippen LogP) is 16.7. The standard InChI is InChI=1S/C61H86O6/c1-4-7-10-13-16-19-22-25-28-31-34-36-39-42-45-48-51-54-60(63)66-57-58(67-61(64)55-52-49-46-43-40-37-33-30-27-24-21-18-15-12-9-6-3)56-65-59(62)53-50-47-44-41-38-35-32-29-26-23-20-17-14-11-8-5-2/h7-13,16-22,25-31,34-40,44,46-47,49,58H,4-6,14-15,23-24,32-33,41-43,45,48,50-57H2,1-3H3/b10-7-,11-8-,12-9-,16-13-,20-17-,21-18-,22-19-,28-25-,29-26-,30-27-,34-31+,38-35-,39-36-,40-37-,47-44-,49-46-. The molecule has 0 radical (unpaired) electrons. The fourth-order valence-electron chi connectivity index (χ4n) is 5.63. The molecule has 0 aliphatic carbocycles. The van der Waals surface area contributed by atoms with Crippen LogP contribution in [0.5, 0.6) is 0 Å². The Balaban J connectivity index is 4.75. The molecule has 0 saturated carbocycles. The van der Waals surface area contributed by atoms with Gasteiger partial charge in [-0.15, -0.1) is 0 Å². The smallest absolute Gasteiger partial charge is 0.306 e. The first kappa shape index (κ1) is 61.2. The first-order valence-corrected chi connectivity index (χ1v) is 25.0. The summed E-state index contributed by atoms with van der Waals surface area (Å²) in [5.41, 5.74) is 0. The van der Waals surface area contributed by atoms with Gasteiger partial charge < -0.3 is 14.2 Å². The van der Waals surface area contributed by atoms with Crippen molar-refractivity contribution in [1.82, 2.24) is 0 Å². The third-order valence-electron chi connectivity index (χ3n) is 9.26. The molecule has 0 saturated heterocycles. The lowest BCUT2D eigenvalue weighted by atomic mass is 10.1. The lowest BCUT2D eigenvalue weighted by Crippen LogP contribution is -2.30. The Morgan fingerprint density at radius 3 is 1.04 bits per heavy atom. The number of carbonyl (C=O) groups excluding carboxylic acids is 3. The van der Waals surface area contributed by atoms with Gasteiger partial charge in [0, 0.05) is 19.3 Å². The molecular weight excluding hydrogens is 829 g/mol. The third kappa shape index (κ3) is 51.1. The van der Waals surface area contributed by atoms with Crippen molar-refractivity contribution < 1.29 is 28.6 Å². The van der Waals surface area contributed by atoms with E-state index in [2.05, 4.69) is 130 Å². The number of hydrogen-bond donors (Lipinski definition) is 0. The van der Waals surface area contributed by atoms with Gasteiger partial charge in [-0.2, -0.15) is 0 Å². The molecule has 0 aliphatic rings. The van der Waals surface area contributed by atoms with E-state index in [1.807, 2.05) is 85.1 Å². The third-order valence-corrected chi connectivity index (χ3v) is 9.26. The molecule has 0 bridgehead atoms. The molecule has 0 fully saturated rings. The molecule has 6 nitrogen and oxygen atoms in total. The highest BCUT2D eigenvalue weighted by atomic mass is 16.6. The van der Waals surface area contributed by atoms with Crippen molar-refractivity contribution in [2.24, 2.45) is 0 Å². The van der Waals surface area contributed by atoms with Gasteiger partial charge in [0.25, 0.3) is 0 Å². The Hall–Kier alpha value is -5.75. The number of ether oxygens (including phenoxy) is 3. The highest BCUT2D eigenvalue weighted by molar-refractivity contribution is 5.71. The lowest BCUT2D eigenvalue weighted by molar-refractivity contribution is -0.166. The molecule has 67 heavy (non-hydrogen) atoms. The number of allylic oxidation sites excluding steroid dienone is 32. The molecule has 0 aromatic carbocycles.